The highest BCUT2D eigenvalue weighted by atomic mass is 127. The van der Waals surface area contributed by atoms with Gasteiger partial charge in [-0.15, -0.1) is 24.0 Å². The van der Waals surface area contributed by atoms with Crippen molar-refractivity contribution in [3.63, 3.8) is 0 Å². The third-order valence-electron chi connectivity index (χ3n) is 3.32. The molecule has 0 spiro atoms. The molecule has 0 bridgehead atoms. The van der Waals surface area contributed by atoms with Crippen LogP contribution in [0.4, 0.5) is 5.69 Å². The number of aliphatic imine (C=N–C) groups is 1. The van der Waals surface area contributed by atoms with E-state index < -0.39 is 0 Å². The maximum absolute atomic E-state index is 5.91. The fraction of sp³-hybridized carbons (Fsp3) is 0.333. The van der Waals surface area contributed by atoms with E-state index in [0.29, 0.717) is 25.0 Å². The van der Waals surface area contributed by atoms with E-state index in [0.717, 1.165) is 24.1 Å². The number of hydrogen-bond donors (Lipinski definition) is 2. The molecule has 2 aromatic rings. The molecule has 0 radical (unpaired) electrons. The predicted octanol–water partition coefficient (Wildman–Crippen LogP) is 3.98. The van der Waals surface area contributed by atoms with Gasteiger partial charge in [0.05, 0.1) is 13.2 Å². The van der Waals surface area contributed by atoms with Gasteiger partial charge in [0.1, 0.15) is 0 Å². The third kappa shape index (κ3) is 6.74. The number of nitrogens with zero attached hydrogens (tertiary/aromatic N) is 2. The minimum atomic E-state index is 0. The van der Waals surface area contributed by atoms with Crippen LogP contribution in [0.15, 0.2) is 47.6 Å². The molecule has 0 amide bonds. The van der Waals surface area contributed by atoms with Gasteiger partial charge in [-0.05, 0) is 36.1 Å². The first-order chi connectivity index (χ1) is 11.2. The largest absolute Gasteiger partial charge is 0.478 e. The van der Waals surface area contributed by atoms with Crippen molar-refractivity contribution in [3.05, 3.63) is 53.7 Å². The summed E-state index contributed by atoms with van der Waals surface area (Å²) >= 11 is 0. The molecule has 0 aliphatic heterocycles. The smallest absolute Gasteiger partial charge is 0.213 e. The van der Waals surface area contributed by atoms with Gasteiger partial charge in [-0.25, -0.2) is 9.98 Å². The fourth-order valence-electron chi connectivity index (χ4n) is 1.98. The van der Waals surface area contributed by atoms with Gasteiger partial charge in [-0.3, -0.25) is 0 Å². The lowest BCUT2D eigenvalue weighted by molar-refractivity contribution is 0.305. The molecule has 0 unspecified atom stereocenters. The van der Waals surface area contributed by atoms with Crippen LogP contribution in [0, 0.1) is 0 Å². The van der Waals surface area contributed by atoms with E-state index in [2.05, 4.69) is 41.3 Å². The van der Waals surface area contributed by atoms with Gasteiger partial charge < -0.3 is 15.8 Å². The number of rotatable bonds is 7. The quantitative estimate of drug-likeness (QED) is 0.388. The summed E-state index contributed by atoms with van der Waals surface area (Å²) in [5.74, 6) is 1.03. The van der Waals surface area contributed by atoms with Gasteiger partial charge in [-0.1, -0.05) is 32.0 Å². The first-order valence-corrected chi connectivity index (χ1v) is 7.95. The minimum absolute atomic E-state index is 0. The van der Waals surface area contributed by atoms with E-state index in [-0.39, 0.29) is 24.0 Å². The monoisotopic (exact) mass is 440 g/mol. The van der Waals surface area contributed by atoms with Crippen molar-refractivity contribution in [2.75, 3.05) is 11.9 Å². The Morgan fingerprint density at radius 3 is 2.42 bits per heavy atom. The molecule has 1 heterocycles. The highest BCUT2D eigenvalue weighted by molar-refractivity contribution is 14.0. The molecule has 130 valence electrons. The van der Waals surface area contributed by atoms with Crippen LogP contribution >= 0.6 is 24.0 Å². The van der Waals surface area contributed by atoms with Crippen LogP contribution in [0.2, 0.25) is 0 Å². The number of guanidine groups is 1. The van der Waals surface area contributed by atoms with Crippen LogP contribution in [-0.2, 0) is 13.0 Å². The van der Waals surface area contributed by atoms with Gasteiger partial charge in [0.15, 0.2) is 5.96 Å². The van der Waals surface area contributed by atoms with E-state index >= 15 is 0 Å². The average molecular weight is 440 g/mol. The zero-order valence-electron chi connectivity index (χ0n) is 14.2. The molecule has 0 aliphatic rings. The summed E-state index contributed by atoms with van der Waals surface area (Å²) in [5, 5.41) is 3.09. The van der Waals surface area contributed by atoms with Gasteiger partial charge in [0, 0.05) is 18.0 Å². The summed E-state index contributed by atoms with van der Waals surface area (Å²) in [4.78, 5) is 8.57. The summed E-state index contributed by atoms with van der Waals surface area (Å²) in [7, 11) is 0. The number of aromatic nitrogens is 1. The van der Waals surface area contributed by atoms with E-state index in [1.807, 2.05) is 24.3 Å². The summed E-state index contributed by atoms with van der Waals surface area (Å²) in [6, 6.07) is 12.0. The van der Waals surface area contributed by atoms with Crippen molar-refractivity contribution in [2.45, 2.75) is 33.2 Å². The second kappa shape index (κ2) is 10.9. The second-order valence-corrected chi connectivity index (χ2v) is 5.23. The zero-order valence-corrected chi connectivity index (χ0v) is 16.5. The van der Waals surface area contributed by atoms with E-state index in [4.69, 9.17) is 10.5 Å². The van der Waals surface area contributed by atoms with Crippen LogP contribution in [-0.4, -0.2) is 17.6 Å². The lowest BCUT2D eigenvalue weighted by Gasteiger charge is -2.07. The molecule has 5 nitrogen and oxygen atoms in total. The van der Waals surface area contributed by atoms with E-state index in [1.165, 1.54) is 5.56 Å². The van der Waals surface area contributed by atoms with Gasteiger partial charge >= 0.3 is 0 Å². The van der Waals surface area contributed by atoms with Crippen LogP contribution in [0.5, 0.6) is 5.88 Å². The minimum Gasteiger partial charge on any atom is -0.478 e. The van der Waals surface area contributed by atoms with Gasteiger partial charge in [0.25, 0.3) is 0 Å². The number of hydrogen-bond acceptors (Lipinski definition) is 3. The average Bonchev–Trinajstić information content (AvgIpc) is 2.59. The molecule has 0 atom stereocenters. The first kappa shape index (κ1) is 20.2. The summed E-state index contributed by atoms with van der Waals surface area (Å²) < 4.78 is 5.45. The van der Waals surface area contributed by atoms with Crippen LogP contribution in [0.3, 0.4) is 0 Å². The number of halogens is 1. The van der Waals surface area contributed by atoms with Crippen LogP contribution in [0.25, 0.3) is 0 Å². The Morgan fingerprint density at radius 2 is 1.83 bits per heavy atom. The molecule has 1 aromatic carbocycles. The number of benzene rings is 1. The van der Waals surface area contributed by atoms with Gasteiger partial charge in [-0.2, -0.15) is 0 Å². The van der Waals surface area contributed by atoms with Crippen molar-refractivity contribution < 1.29 is 4.74 Å². The molecular weight excluding hydrogens is 415 g/mol. The lowest BCUT2D eigenvalue weighted by Crippen LogP contribution is -2.22. The van der Waals surface area contributed by atoms with Crippen molar-refractivity contribution in [1.29, 1.82) is 0 Å². The highest BCUT2D eigenvalue weighted by Crippen LogP contribution is 2.11. The molecule has 0 saturated carbocycles. The lowest BCUT2D eigenvalue weighted by atomic mass is 10.1. The van der Waals surface area contributed by atoms with Crippen molar-refractivity contribution in [2.24, 2.45) is 10.7 Å². The third-order valence-corrected chi connectivity index (χ3v) is 3.32. The SMILES string of the molecule is CCCOc1ccc(CN=C(N)Nc2ccc(CC)cc2)cn1.I. The molecule has 3 N–H and O–H groups in total. The first-order valence-electron chi connectivity index (χ1n) is 7.95. The number of aryl methyl sites for hydroxylation is 1. The number of anilines is 1. The summed E-state index contributed by atoms with van der Waals surface area (Å²) in [5.41, 5.74) is 9.13. The van der Waals surface area contributed by atoms with Crippen molar-refractivity contribution in [3.8, 4) is 5.88 Å². The number of pyridine rings is 1. The number of nitrogens with two attached hydrogens (primary N) is 1. The molecule has 2 rings (SSSR count). The Balaban J connectivity index is 0.00000288. The predicted molar refractivity (Wildman–Crippen MR) is 110 cm³/mol. The Bertz CT molecular complexity index is 626. The van der Waals surface area contributed by atoms with Crippen molar-refractivity contribution >= 4 is 35.6 Å². The van der Waals surface area contributed by atoms with E-state index in [9.17, 15) is 0 Å². The normalized spacial score (nSPS) is 10.8. The Morgan fingerprint density at radius 1 is 1.12 bits per heavy atom. The summed E-state index contributed by atoms with van der Waals surface area (Å²) in [6.45, 7) is 5.35. The second-order valence-electron chi connectivity index (χ2n) is 5.23. The van der Waals surface area contributed by atoms with Gasteiger partial charge in [0.2, 0.25) is 5.88 Å². The van der Waals surface area contributed by atoms with Crippen LogP contribution < -0.4 is 15.8 Å². The molecule has 0 aliphatic carbocycles. The maximum atomic E-state index is 5.91. The Hall–Kier alpha value is -1.83. The molecule has 1 aromatic heterocycles. The molecule has 6 heteroatoms. The maximum Gasteiger partial charge on any atom is 0.213 e. The number of ether oxygens (including phenoxy) is 1. The standard InChI is InChI=1S/C18H24N4O.HI/c1-3-11-23-17-10-7-15(12-20-17)13-21-18(19)22-16-8-5-14(4-2)6-9-16;/h5-10,12H,3-4,11,13H2,1-2H3,(H3,19,21,22);1H. The van der Waals surface area contributed by atoms with Crippen molar-refractivity contribution in [1.82, 2.24) is 4.98 Å². The molecule has 0 fully saturated rings. The zero-order chi connectivity index (χ0) is 16.5. The summed E-state index contributed by atoms with van der Waals surface area (Å²) in [6.07, 6.45) is 3.75. The number of nitrogens with one attached hydrogen (secondary N) is 1. The topological polar surface area (TPSA) is 72.5 Å². The Labute approximate surface area is 160 Å². The van der Waals surface area contributed by atoms with E-state index in [1.54, 1.807) is 6.20 Å². The Kier molecular flexibility index (Phi) is 9.14. The molecule has 24 heavy (non-hydrogen) atoms. The highest BCUT2D eigenvalue weighted by Gasteiger charge is 1.98. The van der Waals surface area contributed by atoms with Crippen LogP contribution in [0.1, 0.15) is 31.4 Å². The molecular formula is C18H25IN4O. The molecule has 0 saturated heterocycles. The fourth-order valence-corrected chi connectivity index (χ4v) is 1.98.